The topological polar surface area (TPSA) is 55.4 Å². The number of hydrogen-bond acceptors (Lipinski definition) is 6. The van der Waals surface area contributed by atoms with Crippen LogP contribution in [-0.4, -0.2) is 42.2 Å². The lowest BCUT2D eigenvalue weighted by molar-refractivity contribution is 0.325. The Labute approximate surface area is 354 Å². The molecule has 0 aliphatic heterocycles. The van der Waals surface area contributed by atoms with E-state index in [1.165, 1.54) is 27.8 Å². The van der Waals surface area contributed by atoms with Crippen molar-refractivity contribution in [2.75, 3.05) is 42.2 Å². The molecule has 306 valence electrons. The zero-order valence-electron chi connectivity index (χ0n) is 35.4. The predicted molar refractivity (Wildman–Crippen MR) is 244 cm³/mol. The minimum atomic E-state index is -0.0180. The number of ether oxygens (including phenoxy) is 6. The number of benzene rings is 7. The van der Waals surface area contributed by atoms with E-state index in [-0.39, 0.29) is 11.8 Å². The quantitative estimate of drug-likeness (QED) is 0.0806. The highest BCUT2D eigenvalue weighted by Crippen LogP contribution is 2.44. The molecule has 0 aromatic heterocycles. The number of aryl methyl sites for hydroxylation is 1. The molecular weight excluding hydrogens is 745 g/mol. The largest absolute Gasteiger partial charge is 0.497 e. The molecule has 0 saturated heterocycles. The Bertz CT molecular complexity index is 2440. The van der Waals surface area contributed by atoms with Gasteiger partial charge in [-0.05, 0) is 106 Å². The fourth-order valence-corrected chi connectivity index (χ4v) is 8.24. The van der Waals surface area contributed by atoms with Gasteiger partial charge in [0.15, 0.2) is 0 Å². The van der Waals surface area contributed by atoms with Gasteiger partial charge < -0.3 is 28.4 Å². The molecule has 6 heteroatoms. The summed E-state index contributed by atoms with van der Waals surface area (Å²) in [6.45, 7) is 2.72. The molecule has 7 aromatic rings. The third kappa shape index (κ3) is 9.29. The fraction of sp³-hybridized carbons (Fsp3) is 0.222. The van der Waals surface area contributed by atoms with E-state index < -0.39 is 0 Å². The van der Waals surface area contributed by atoms with E-state index in [9.17, 15) is 0 Å². The van der Waals surface area contributed by atoms with Crippen molar-refractivity contribution in [3.8, 4) is 34.5 Å². The Morgan fingerprint density at radius 3 is 1.38 bits per heavy atom. The van der Waals surface area contributed by atoms with E-state index in [4.69, 9.17) is 28.4 Å². The molecule has 7 aromatic carbocycles. The highest BCUT2D eigenvalue weighted by molar-refractivity contribution is 5.89. The van der Waals surface area contributed by atoms with Gasteiger partial charge in [0.2, 0.25) is 0 Å². The zero-order chi connectivity index (χ0) is 41.8. The fourth-order valence-electron chi connectivity index (χ4n) is 8.24. The van der Waals surface area contributed by atoms with Crippen LogP contribution < -0.4 is 28.4 Å². The van der Waals surface area contributed by atoms with E-state index in [0.29, 0.717) is 13.0 Å². The molecule has 0 heterocycles. The van der Waals surface area contributed by atoms with E-state index in [1.807, 2.05) is 36.4 Å². The Morgan fingerprint density at radius 2 is 0.900 bits per heavy atom. The molecule has 0 aliphatic rings. The maximum atomic E-state index is 6.33. The molecule has 0 amide bonds. The highest BCUT2D eigenvalue weighted by atomic mass is 16.5. The van der Waals surface area contributed by atoms with Crippen molar-refractivity contribution in [1.82, 2.24) is 0 Å². The normalized spacial score (nSPS) is 11.8. The molecular formula is C54H54O6. The van der Waals surface area contributed by atoms with Crippen LogP contribution in [-0.2, 0) is 12.8 Å². The van der Waals surface area contributed by atoms with Crippen LogP contribution in [0.3, 0.4) is 0 Å². The lowest BCUT2D eigenvalue weighted by Gasteiger charge is -2.30. The average Bonchev–Trinajstić information content (AvgIpc) is 3.31. The van der Waals surface area contributed by atoms with Gasteiger partial charge in [0.1, 0.15) is 34.5 Å². The second kappa shape index (κ2) is 19.9. The van der Waals surface area contributed by atoms with Gasteiger partial charge in [0.25, 0.3) is 0 Å². The minimum absolute atomic E-state index is 0.00905. The van der Waals surface area contributed by atoms with Crippen LogP contribution in [0.5, 0.6) is 34.5 Å². The van der Waals surface area contributed by atoms with Gasteiger partial charge in [-0.2, -0.15) is 0 Å². The van der Waals surface area contributed by atoms with E-state index in [2.05, 4.69) is 128 Å². The molecule has 0 N–H and O–H groups in total. The van der Waals surface area contributed by atoms with E-state index >= 15 is 0 Å². The van der Waals surface area contributed by atoms with Crippen molar-refractivity contribution in [1.29, 1.82) is 0 Å². The average molecular weight is 799 g/mol. The zero-order valence-corrected chi connectivity index (χ0v) is 35.4. The summed E-state index contributed by atoms with van der Waals surface area (Å²) in [7, 11) is 8.59. The summed E-state index contributed by atoms with van der Waals surface area (Å²) in [4.78, 5) is 0. The van der Waals surface area contributed by atoms with Crippen molar-refractivity contribution in [2.45, 2.75) is 38.0 Å². The summed E-state index contributed by atoms with van der Waals surface area (Å²) in [6, 6.07) is 50.7. The molecule has 6 nitrogen and oxygen atoms in total. The molecule has 0 spiro atoms. The van der Waals surface area contributed by atoms with Crippen LogP contribution in [0.4, 0.5) is 0 Å². The molecule has 0 saturated carbocycles. The predicted octanol–water partition coefficient (Wildman–Crippen LogP) is 12.5. The maximum absolute atomic E-state index is 6.33. The maximum Gasteiger partial charge on any atom is 0.130 e. The number of hydrogen-bond donors (Lipinski definition) is 0. The van der Waals surface area contributed by atoms with E-state index in [0.717, 1.165) is 74.8 Å². The lowest BCUT2D eigenvalue weighted by Crippen LogP contribution is -2.15. The van der Waals surface area contributed by atoms with Crippen LogP contribution >= 0.6 is 0 Å². The Hall–Kier alpha value is -6.66. The third-order valence-electron chi connectivity index (χ3n) is 11.3. The first kappa shape index (κ1) is 41.5. The van der Waals surface area contributed by atoms with Gasteiger partial charge >= 0.3 is 0 Å². The molecule has 0 aliphatic carbocycles. The summed E-state index contributed by atoms with van der Waals surface area (Å²) in [5, 5.41) is 2.27. The van der Waals surface area contributed by atoms with Crippen LogP contribution in [0, 0.1) is 0 Å². The molecule has 7 rings (SSSR count). The summed E-state index contributed by atoms with van der Waals surface area (Å²) in [6.07, 6.45) is 6.69. The van der Waals surface area contributed by atoms with Gasteiger partial charge in [-0.25, -0.2) is 0 Å². The Balaban J connectivity index is 1.11. The monoisotopic (exact) mass is 798 g/mol. The molecule has 1 atom stereocenters. The van der Waals surface area contributed by atoms with Crippen molar-refractivity contribution < 1.29 is 28.4 Å². The van der Waals surface area contributed by atoms with Crippen LogP contribution in [0.1, 0.15) is 69.7 Å². The summed E-state index contributed by atoms with van der Waals surface area (Å²) >= 11 is 0. The van der Waals surface area contributed by atoms with Crippen molar-refractivity contribution in [2.24, 2.45) is 0 Å². The van der Waals surface area contributed by atoms with Crippen LogP contribution in [0.25, 0.3) is 16.8 Å². The Morgan fingerprint density at radius 1 is 0.450 bits per heavy atom. The van der Waals surface area contributed by atoms with Crippen molar-refractivity contribution >= 4 is 16.8 Å². The smallest absolute Gasteiger partial charge is 0.130 e. The van der Waals surface area contributed by atoms with E-state index in [1.54, 1.807) is 35.5 Å². The second-order valence-electron chi connectivity index (χ2n) is 14.7. The first-order valence-electron chi connectivity index (χ1n) is 20.5. The van der Waals surface area contributed by atoms with Crippen LogP contribution in [0.15, 0.2) is 152 Å². The molecule has 1 unspecified atom stereocenters. The third-order valence-corrected chi connectivity index (χ3v) is 11.3. The molecule has 0 fully saturated rings. The summed E-state index contributed by atoms with van der Waals surface area (Å²) < 4.78 is 35.0. The summed E-state index contributed by atoms with van der Waals surface area (Å²) in [5.74, 6) is 5.06. The summed E-state index contributed by atoms with van der Waals surface area (Å²) in [5.41, 5.74) is 9.29. The highest BCUT2D eigenvalue weighted by Gasteiger charge is 2.29. The minimum Gasteiger partial charge on any atom is -0.497 e. The first-order valence-corrected chi connectivity index (χ1v) is 20.5. The van der Waals surface area contributed by atoms with Crippen molar-refractivity contribution in [3.63, 3.8) is 0 Å². The lowest BCUT2D eigenvalue weighted by atomic mass is 9.73. The molecule has 0 radical (unpaired) electrons. The van der Waals surface area contributed by atoms with Gasteiger partial charge in [-0.3, -0.25) is 0 Å². The SMILES string of the molecule is CCc1ccc(Cc2ccc3ccccc3c2OC)c(OC)c1/C=C\CCOc1ccc(C(c2ccc(OC)cc2)C(c2ccc(OC)cc2)c2ccc(OC)cc2)cc1. The number of methoxy groups -OCH3 is 5. The van der Waals surface area contributed by atoms with Gasteiger partial charge in [0.05, 0.1) is 42.2 Å². The standard InChI is InChI=1S/C54H54O6/c1-7-37-15-17-43(36-44-18-16-38-12-8-9-13-50(38)54(44)59-6)53(58-5)49(37)14-10-11-35-60-48-33-25-42(26-34-48)52(41-23-31-47(57-4)32-24-41)51(39-19-27-45(55-2)28-20-39)40-21-29-46(56-3)30-22-40/h8-10,12-34,51-52H,7,11,35-36H2,1-6H3/b14-10-. The van der Waals surface area contributed by atoms with Gasteiger partial charge in [-0.1, -0.05) is 116 Å². The number of rotatable bonds is 18. The molecule has 60 heavy (non-hydrogen) atoms. The van der Waals surface area contributed by atoms with Gasteiger partial charge in [0, 0.05) is 29.2 Å². The Kier molecular flexibility index (Phi) is 13.7. The van der Waals surface area contributed by atoms with Crippen molar-refractivity contribution in [3.05, 3.63) is 196 Å². The second-order valence-corrected chi connectivity index (χ2v) is 14.7. The number of fused-ring (bicyclic) bond motifs is 1. The first-order chi connectivity index (χ1) is 29.5. The molecule has 0 bridgehead atoms. The van der Waals surface area contributed by atoms with Gasteiger partial charge in [-0.15, -0.1) is 0 Å². The van der Waals surface area contributed by atoms with Crippen LogP contribution in [0.2, 0.25) is 0 Å².